The number of benzene rings is 1. The summed E-state index contributed by atoms with van der Waals surface area (Å²) >= 11 is 0. The molecule has 2 heterocycles. The maximum Gasteiger partial charge on any atom is 0.252 e. The number of H-pyrrole nitrogens is 1. The first-order valence-electron chi connectivity index (χ1n) is 9.07. The zero-order valence-corrected chi connectivity index (χ0v) is 16.4. The van der Waals surface area contributed by atoms with Crippen molar-refractivity contribution in [2.24, 2.45) is 5.92 Å². The summed E-state index contributed by atoms with van der Waals surface area (Å²) in [6.45, 7) is 6.09. The van der Waals surface area contributed by atoms with Crippen LogP contribution in [-0.4, -0.2) is 43.7 Å². The number of sulfonamides is 1. The third kappa shape index (κ3) is 4.52. The topological polar surface area (TPSA) is 82.3 Å². The van der Waals surface area contributed by atoms with Gasteiger partial charge in [-0.2, -0.15) is 0 Å². The van der Waals surface area contributed by atoms with Crippen LogP contribution in [0, 0.1) is 12.8 Å². The van der Waals surface area contributed by atoms with Crippen LogP contribution in [0.5, 0.6) is 0 Å². The lowest BCUT2D eigenvalue weighted by atomic mass is 9.99. The van der Waals surface area contributed by atoms with Crippen LogP contribution in [0.2, 0.25) is 0 Å². The number of pyridine rings is 1. The number of likely N-dealkylation sites (tertiary alicyclic amines) is 1. The van der Waals surface area contributed by atoms with Gasteiger partial charge in [-0.25, -0.2) is 13.1 Å². The van der Waals surface area contributed by atoms with Crippen LogP contribution in [0.4, 0.5) is 0 Å². The summed E-state index contributed by atoms with van der Waals surface area (Å²) in [5.74, 6) is 0.275. The number of rotatable bonds is 6. The molecular formula is C19H27N3O3S. The summed E-state index contributed by atoms with van der Waals surface area (Å²) < 4.78 is 26.1. The van der Waals surface area contributed by atoms with Gasteiger partial charge in [-0.1, -0.05) is 25.0 Å². The number of nitrogens with one attached hydrogen (secondary N) is 2. The van der Waals surface area contributed by atoms with Crippen molar-refractivity contribution in [2.45, 2.75) is 39.3 Å². The minimum absolute atomic E-state index is 0.0760. The van der Waals surface area contributed by atoms with Gasteiger partial charge in [-0.15, -0.1) is 0 Å². The van der Waals surface area contributed by atoms with Crippen molar-refractivity contribution in [1.82, 2.24) is 14.6 Å². The lowest BCUT2D eigenvalue weighted by molar-refractivity contribution is 0.311. The molecule has 26 heavy (non-hydrogen) atoms. The second kappa shape index (κ2) is 7.50. The average molecular weight is 378 g/mol. The van der Waals surface area contributed by atoms with Gasteiger partial charge < -0.3 is 4.98 Å². The van der Waals surface area contributed by atoms with Crippen molar-refractivity contribution in [2.75, 3.05) is 19.3 Å². The van der Waals surface area contributed by atoms with E-state index in [1.54, 1.807) is 0 Å². The number of aromatic nitrogens is 1. The molecule has 2 aromatic rings. The maximum absolute atomic E-state index is 12.4. The van der Waals surface area contributed by atoms with Crippen LogP contribution < -0.4 is 10.3 Å². The average Bonchev–Trinajstić information content (AvgIpc) is 2.88. The van der Waals surface area contributed by atoms with Gasteiger partial charge in [0.25, 0.3) is 5.56 Å². The molecule has 2 atom stereocenters. The highest BCUT2D eigenvalue weighted by atomic mass is 32.2. The predicted octanol–water partition coefficient (Wildman–Crippen LogP) is 1.99. The Morgan fingerprint density at radius 1 is 1.27 bits per heavy atom. The van der Waals surface area contributed by atoms with E-state index < -0.39 is 10.0 Å². The normalized spacial score (nSPS) is 21.5. The molecule has 1 saturated heterocycles. The zero-order chi connectivity index (χ0) is 18.9. The molecule has 0 spiro atoms. The van der Waals surface area contributed by atoms with Crippen molar-refractivity contribution >= 4 is 20.9 Å². The van der Waals surface area contributed by atoms with Gasteiger partial charge >= 0.3 is 0 Å². The summed E-state index contributed by atoms with van der Waals surface area (Å²) in [6.07, 6.45) is 3.18. The molecule has 1 aliphatic heterocycles. The Morgan fingerprint density at radius 2 is 2.04 bits per heavy atom. The lowest BCUT2D eigenvalue weighted by Crippen LogP contribution is -2.39. The van der Waals surface area contributed by atoms with Gasteiger partial charge in [0.05, 0.1) is 6.26 Å². The largest absolute Gasteiger partial charge is 0.322 e. The molecule has 142 valence electrons. The smallest absolute Gasteiger partial charge is 0.252 e. The van der Waals surface area contributed by atoms with Crippen LogP contribution in [0.1, 0.15) is 30.9 Å². The highest BCUT2D eigenvalue weighted by Gasteiger charge is 2.34. The molecule has 1 aliphatic rings. The third-order valence-electron chi connectivity index (χ3n) is 5.01. The monoisotopic (exact) mass is 377 g/mol. The fourth-order valence-corrected chi connectivity index (χ4v) is 4.71. The second-order valence-electron chi connectivity index (χ2n) is 7.45. The van der Waals surface area contributed by atoms with Crippen LogP contribution in [0.3, 0.4) is 0 Å². The SMILES string of the molecule is CCC[C@H]1CN(Cc2cc3cc(C)ccc3[nH]c2=O)C[C@@H]1NS(C)(=O)=O. The number of nitrogens with zero attached hydrogens (tertiary/aromatic N) is 1. The van der Waals surface area contributed by atoms with E-state index in [2.05, 4.69) is 27.6 Å². The molecule has 0 aliphatic carbocycles. The fraction of sp³-hybridized carbons (Fsp3) is 0.526. The van der Waals surface area contributed by atoms with Crippen LogP contribution >= 0.6 is 0 Å². The molecular weight excluding hydrogens is 350 g/mol. The molecule has 0 unspecified atom stereocenters. The van der Waals surface area contributed by atoms with Crippen LogP contribution in [-0.2, 0) is 16.6 Å². The number of hydrogen-bond donors (Lipinski definition) is 2. The summed E-state index contributed by atoms with van der Waals surface area (Å²) in [4.78, 5) is 17.6. The summed E-state index contributed by atoms with van der Waals surface area (Å²) in [5.41, 5.74) is 2.63. The maximum atomic E-state index is 12.4. The Labute approximate surface area is 154 Å². The third-order valence-corrected chi connectivity index (χ3v) is 5.74. The molecule has 2 N–H and O–H groups in total. The molecule has 0 amide bonds. The van der Waals surface area contributed by atoms with Gasteiger partial charge in [0, 0.05) is 36.8 Å². The minimum atomic E-state index is -3.24. The van der Waals surface area contributed by atoms with Gasteiger partial charge in [0.1, 0.15) is 0 Å². The summed E-state index contributed by atoms with van der Waals surface area (Å²) in [6, 6.07) is 7.83. The lowest BCUT2D eigenvalue weighted by Gasteiger charge is -2.17. The molecule has 0 saturated carbocycles. The van der Waals surface area contributed by atoms with E-state index in [0.29, 0.717) is 13.1 Å². The molecule has 1 fully saturated rings. The minimum Gasteiger partial charge on any atom is -0.322 e. The molecule has 1 aromatic heterocycles. The molecule has 3 rings (SSSR count). The summed E-state index contributed by atoms with van der Waals surface area (Å²) in [5, 5.41) is 1.02. The van der Waals surface area contributed by atoms with E-state index >= 15 is 0 Å². The van der Waals surface area contributed by atoms with E-state index in [9.17, 15) is 13.2 Å². The van der Waals surface area contributed by atoms with Crippen molar-refractivity contribution in [3.8, 4) is 0 Å². The van der Waals surface area contributed by atoms with Crippen molar-refractivity contribution in [1.29, 1.82) is 0 Å². The first kappa shape index (κ1) is 19.1. The molecule has 7 heteroatoms. The number of fused-ring (bicyclic) bond motifs is 1. The van der Waals surface area contributed by atoms with E-state index in [1.807, 2.05) is 25.1 Å². The Bertz CT molecular complexity index is 952. The first-order chi connectivity index (χ1) is 12.2. The van der Waals surface area contributed by atoms with E-state index in [1.165, 1.54) is 6.26 Å². The van der Waals surface area contributed by atoms with Crippen LogP contribution in [0.15, 0.2) is 29.1 Å². The molecule has 0 bridgehead atoms. The standard InChI is InChI=1S/C19H27N3O3S/c1-4-5-14-10-22(12-18(14)21-26(3,24)25)11-16-9-15-8-13(2)6-7-17(15)20-19(16)23/h6-9,14,18,21H,4-5,10-12H2,1-3H3,(H,20,23)/t14-,18-/m0/s1. The van der Waals surface area contributed by atoms with E-state index in [-0.39, 0.29) is 17.5 Å². The number of aromatic amines is 1. The predicted molar refractivity (Wildman–Crippen MR) is 105 cm³/mol. The van der Waals surface area contributed by atoms with Crippen molar-refractivity contribution in [3.05, 3.63) is 45.7 Å². The Balaban J connectivity index is 1.81. The molecule has 1 aromatic carbocycles. The van der Waals surface area contributed by atoms with Crippen molar-refractivity contribution < 1.29 is 8.42 Å². The fourth-order valence-electron chi connectivity index (χ4n) is 3.89. The van der Waals surface area contributed by atoms with Gasteiger partial charge in [-0.05, 0) is 42.8 Å². The number of hydrogen-bond acceptors (Lipinski definition) is 4. The summed E-state index contributed by atoms with van der Waals surface area (Å²) in [7, 11) is -3.24. The Kier molecular flexibility index (Phi) is 5.50. The van der Waals surface area contributed by atoms with Crippen molar-refractivity contribution in [3.63, 3.8) is 0 Å². The van der Waals surface area contributed by atoms with Gasteiger partial charge in [-0.3, -0.25) is 9.69 Å². The quantitative estimate of drug-likeness (QED) is 0.807. The Hall–Kier alpha value is -1.70. The molecule has 6 nitrogen and oxygen atoms in total. The van der Waals surface area contributed by atoms with Gasteiger partial charge in [0.2, 0.25) is 10.0 Å². The number of aryl methyl sites for hydroxylation is 1. The van der Waals surface area contributed by atoms with Crippen LogP contribution in [0.25, 0.3) is 10.9 Å². The van der Waals surface area contributed by atoms with Gasteiger partial charge in [0.15, 0.2) is 0 Å². The van der Waals surface area contributed by atoms with E-state index in [0.717, 1.165) is 41.4 Å². The zero-order valence-electron chi connectivity index (χ0n) is 15.6. The second-order valence-corrected chi connectivity index (χ2v) is 9.23. The molecule has 0 radical (unpaired) electrons. The Morgan fingerprint density at radius 3 is 2.73 bits per heavy atom. The first-order valence-corrected chi connectivity index (χ1v) is 11.0. The van der Waals surface area contributed by atoms with E-state index in [4.69, 9.17) is 0 Å². The highest BCUT2D eigenvalue weighted by molar-refractivity contribution is 7.88. The highest BCUT2D eigenvalue weighted by Crippen LogP contribution is 2.24.